The van der Waals surface area contributed by atoms with Crippen molar-refractivity contribution in [3.05, 3.63) is 20.3 Å². The number of hydrogen-bond donors (Lipinski definition) is 0. The Kier molecular flexibility index (Phi) is 3.59. The Morgan fingerprint density at radius 2 is 2.47 bits per heavy atom. The largest absolute Gasteiger partial charge is 0.381 e. The van der Waals surface area contributed by atoms with Crippen molar-refractivity contribution < 1.29 is 9.53 Å². The molecule has 0 bridgehead atoms. The second kappa shape index (κ2) is 4.76. The van der Waals surface area contributed by atoms with E-state index < -0.39 is 0 Å². The van der Waals surface area contributed by atoms with E-state index in [1.54, 1.807) is 11.3 Å². The Balaban J connectivity index is 2.16. The third kappa shape index (κ3) is 2.49. The van der Waals surface area contributed by atoms with E-state index in [1.165, 1.54) is 0 Å². The van der Waals surface area contributed by atoms with Gasteiger partial charge in [0.2, 0.25) is 0 Å². The number of carbonyl (C=O) groups excluding carboxylic acids is 1. The summed E-state index contributed by atoms with van der Waals surface area (Å²) in [7, 11) is 0. The summed E-state index contributed by atoms with van der Waals surface area (Å²) in [6.07, 6.45) is 1.96. The maximum Gasteiger partial charge on any atom is 0.169 e. The van der Waals surface area contributed by atoms with E-state index in [2.05, 4.69) is 15.9 Å². The molecule has 1 aliphatic rings. The summed E-state index contributed by atoms with van der Waals surface area (Å²) < 4.78 is 6.37. The lowest BCUT2D eigenvalue weighted by Gasteiger charge is -2.20. The molecule has 0 radical (unpaired) electrons. The molecule has 0 N–H and O–H groups in total. The van der Waals surface area contributed by atoms with Crippen LogP contribution in [0.1, 0.15) is 28.1 Å². The highest BCUT2D eigenvalue weighted by molar-refractivity contribution is 9.11. The topological polar surface area (TPSA) is 26.3 Å². The normalized spacial score (nSPS) is 21.6. The van der Waals surface area contributed by atoms with Gasteiger partial charge < -0.3 is 4.74 Å². The van der Waals surface area contributed by atoms with Crippen LogP contribution >= 0.6 is 27.3 Å². The van der Waals surface area contributed by atoms with Gasteiger partial charge in [0.15, 0.2) is 5.78 Å². The highest BCUT2D eigenvalue weighted by atomic mass is 79.9. The lowest BCUT2D eigenvalue weighted by Crippen LogP contribution is -2.25. The van der Waals surface area contributed by atoms with Gasteiger partial charge in [-0.1, -0.05) is 0 Å². The summed E-state index contributed by atoms with van der Waals surface area (Å²) in [6.45, 7) is 3.38. The summed E-state index contributed by atoms with van der Waals surface area (Å²) in [5.74, 6) is 0.313. The van der Waals surface area contributed by atoms with Crippen LogP contribution in [0, 0.1) is 12.8 Å². The standard InChI is InChI=1S/C11H13BrO2S/c1-7-9(5-10(12)15-7)11(13)8-3-2-4-14-6-8/h5,8H,2-4,6H2,1H3. The van der Waals surface area contributed by atoms with Gasteiger partial charge in [-0.15, -0.1) is 11.3 Å². The van der Waals surface area contributed by atoms with Crippen molar-refractivity contribution in [2.45, 2.75) is 19.8 Å². The van der Waals surface area contributed by atoms with Crippen molar-refractivity contribution in [3.63, 3.8) is 0 Å². The molecule has 2 heterocycles. The van der Waals surface area contributed by atoms with Crippen LogP contribution in [0.5, 0.6) is 0 Å². The van der Waals surface area contributed by atoms with Crippen LogP contribution in [0.15, 0.2) is 9.85 Å². The first-order valence-corrected chi connectivity index (χ1v) is 6.67. The van der Waals surface area contributed by atoms with Crippen LogP contribution in [-0.4, -0.2) is 19.0 Å². The van der Waals surface area contributed by atoms with Gasteiger partial charge in [0.05, 0.1) is 10.4 Å². The zero-order chi connectivity index (χ0) is 10.8. The molecule has 0 amide bonds. The molecule has 1 unspecified atom stereocenters. The first kappa shape index (κ1) is 11.3. The van der Waals surface area contributed by atoms with E-state index in [0.29, 0.717) is 6.61 Å². The average molecular weight is 289 g/mol. The molecule has 0 saturated carbocycles. The van der Waals surface area contributed by atoms with Crippen LogP contribution in [0.4, 0.5) is 0 Å². The molecule has 1 atom stereocenters. The minimum atomic E-state index is 0.0685. The highest BCUT2D eigenvalue weighted by Gasteiger charge is 2.25. The molecule has 1 aliphatic heterocycles. The number of thiophene rings is 1. The lowest BCUT2D eigenvalue weighted by molar-refractivity contribution is 0.0461. The maximum atomic E-state index is 12.1. The third-order valence-electron chi connectivity index (χ3n) is 2.68. The molecule has 0 aliphatic carbocycles. The smallest absolute Gasteiger partial charge is 0.169 e. The van der Waals surface area contributed by atoms with E-state index in [1.807, 2.05) is 13.0 Å². The number of hydrogen-bond acceptors (Lipinski definition) is 3. The van der Waals surface area contributed by atoms with Crippen molar-refractivity contribution in [2.24, 2.45) is 5.92 Å². The molecule has 0 spiro atoms. The zero-order valence-corrected chi connectivity index (χ0v) is 11.0. The van der Waals surface area contributed by atoms with Gasteiger partial charge in [0.1, 0.15) is 0 Å². The van der Waals surface area contributed by atoms with E-state index >= 15 is 0 Å². The molecule has 1 fully saturated rings. The predicted molar refractivity (Wildman–Crippen MR) is 64.6 cm³/mol. The van der Waals surface area contributed by atoms with E-state index in [0.717, 1.165) is 33.7 Å². The van der Waals surface area contributed by atoms with E-state index in [9.17, 15) is 4.79 Å². The highest BCUT2D eigenvalue weighted by Crippen LogP contribution is 2.29. The summed E-state index contributed by atoms with van der Waals surface area (Å²) in [4.78, 5) is 13.2. The van der Waals surface area contributed by atoms with Gasteiger partial charge >= 0.3 is 0 Å². The van der Waals surface area contributed by atoms with Crippen LogP contribution in [0.3, 0.4) is 0 Å². The number of ether oxygens (including phenoxy) is 1. The third-order valence-corrected chi connectivity index (χ3v) is 4.24. The van der Waals surface area contributed by atoms with Gasteiger partial charge in [-0.3, -0.25) is 4.79 Å². The molecular formula is C11H13BrO2S. The van der Waals surface area contributed by atoms with Crippen molar-refractivity contribution in [2.75, 3.05) is 13.2 Å². The molecule has 0 aromatic carbocycles. The van der Waals surface area contributed by atoms with Crippen LogP contribution in [-0.2, 0) is 4.74 Å². The minimum Gasteiger partial charge on any atom is -0.381 e. The monoisotopic (exact) mass is 288 g/mol. The zero-order valence-electron chi connectivity index (χ0n) is 8.59. The summed E-state index contributed by atoms with van der Waals surface area (Å²) in [5, 5.41) is 0. The summed E-state index contributed by atoms with van der Waals surface area (Å²) >= 11 is 5.03. The fourth-order valence-corrected chi connectivity index (χ4v) is 3.55. The van der Waals surface area contributed by atoms with Gasteiger partial charge in [0.25, 0.3) is 0 Å². The Bertz CT molecular complexity index is 367. The average Bonchev–Trinajstić information content (AvgIpc) is 2.58. The molecule has 15 heavy (non-hydrogen) atoms. The second-order valence-electron chi connectivity index (χ2n) is 3.80. The van der Waals surface area contributed by atoms with Crippen LogP contribution < -0.4 is 0 Å². The fraction of sp³-hybridized carbons (Fsp3) is 0.545. The first-order chi connectivity index (χ1) is 7.18. The van der Waals surface area contributed by atoms with Crippen LogP contribution in [0.2, 0.25) is 0 Å². The Morgan fingerprint density at radius 1 is 1.67 bits per heavy atom. The number of rotatable bonds is 2. The fourth-order valence-electron chi connectivity index (χ4n) is 1.86. The molecule has 2 rings (SSSR count). The van der Waals surface area contributed by atoms with Gasteiger partial charge in [-0.25, -0.2) is 0 Å². The molecule has 1 aromatic rings. The first-order valence-electron chi connectivity index (χ1n) is 5.06. The van der Waals surface area contributed by atoms with E-state index in [-0.39, 0.29) is 11.7 Å². The number of carbonyl (C=O) groups is 1. The Morgan fingerprint density at radius 3 is 3.00 bits per heavy atom. The quantitative estimate of drug-likeness (QED) is 0.780. The predicted octanol–water partition coefficient (Wildman–Crippen LogP) is 3.43. The second-order valence-corrected chi connectivity index (χ2v) is 6.43. The molecule has 2 nitrogen and oxygen atoms in total. The summed E-state index contributed by atoms with van der Waals surface area (Å²) in [6, 6.07) is 1.93. The molecule has 82 valence electrons. The molecule has 1 saturated heterocycles. The Hall–Kier alpha value is -0.190. The van der Waals surface area contributed by atoms with Gasteiger partial charge in [0, 0.05) is 23.0 Å². The van der Waals surface area contributed by atoms with Crippen LogP contribution in [0.25, 0.3) is 0 Å². The minimum absolute atomic E-state index is 0.0685. The Labute approximate surface area is 102 Å². The maximum absolute atomic E-state index is 12.1. The number of aryl methyl sites for hydroxylation is 1. The number of halogens is 1. The van der Waals surface area contributed by atoms with Crippen molar-refractivity contribution >= 4 is 33.0 Å². The number of ketones is 1. The van der Waals surface area contributed by atoms with Crippen molar-refractivity contribution in [1.29, 1.82) is 0 Å². The molecule has 4 heteroatoms. The lowest BCUT2D eigenvalue weighted by atomic mass is 9.93. The van der Waals surface area contributed by atoms with Crippen molar-refractivity contribution in [1.82, 2.24) is 0 Å². The van der Waals surface area contributed by atoms with Crippen molar-refractivity contribution in [3.8, 4) is 0 Å². The molecule has 1 aromatic heterocycles. The van der Waals surface area contributed by atoms with Gasteiger partial charge in [-0.05, 0) is 41.8 Å². The molecular weight excluding hydrogens is 276 g/mol. The number of Topliss-reactive ketones (excluding diaryl/α,β-unsaturated/α-hetero) is 1. The van der Waals surface area contributed by atoms with Gasteiger partial charge in [-0.2, -0.15) is 0 Å². The van der Waals surface area contributed by atoms with E-state index in [4.69, 9.17) is 4.74 Å². The SMILES string of the molecule is Cc1sc(Br)cc1C(=O)C1CCCOC1. The summed E-state index contributed by atoms with van der Waals surface area (Å²) in [5.41, 5.74) is 0.863.